The molecule has 0 aliphatic carbocycles. The van der Waals surface area contributed by atoms with Gasteiger partial charge >= 0.3 is 0 Å². The number of nitrogens with zero attached hydrogens (tertiary/aromatic N) is 1. The molecular weight excluding hydrogens is 264 g/mol. The average molecular weight is 287 g/mol. The van der Waals surface area contributed by atoms with Gasteiger partial charge in [0.05, 0.1) is 0 Å². The average Bonchev–Trinajstić information content (AvgIpc) is 2.39. The Kier molecular flexibility index (Phi) is 4.67. The fourth-order valence-electron chi connectivity index (χ4n) is 2.34. The highest BCUT2D eigenvalue weighted by Gasteiger charge is 2.52. The maximum atomic E-state index is 12.8. The molecule has 19 heavy (non-hydrogen) atoms. The van der Waals surface area contributed by atoms with E-state index >= 15 is 0 Å². The van der Waals surface area contributed by atoms with Crippen molar-refractivity contribution in [1.29, 1.82) is 0 Å². The number of nitrogens with one attached hydrogen (secondary N) is 1. The van der Waals surface area contributed by atoms with Crippen LogP contribution >= 0.6 is 11.6 Å². The zero-order valence-corrected chi connectivity index (χ0v) is 13.1. The Bertz CT molecular complexity index is 412. The van der Waals surface area contributed by atoms with Crippen LogP contribution in [0.4, 0.5) is 0 Å². The van der Waals surface area contributed by atoms with Gasteiger partial charge in [0.2, 0.25) is 11.8 Å². The molecule has 108 valence electrons. The number of piperazine rings is 1. The van der Waals surface area contributed by atoms with Gasteiger partial charge in [-0.1, -0.05) is 25.4 Å². The SMILES string of the molecule is CCC1(CC)NC(=O)C(C)(C)N(CC(C)=CCl)C1=O. The minimum atomic E-state index is -0.855. The Hall–Kier alpha value is -1.03. The van der Waals surface area contributed by atoms with Crippen LogP contribution in [0.2, 0.25) is 0 Å². The first kappa shape index (κ1) is 16.0. The van der Waals surface area contributed by atoms with Gasteiger partial charge in [0.25, 0.3) is 0 Å². The van der Waals surface area contributed by atoms with E-state index in [-0.39, 0.29) is 11.8 Å². The van der Waals surface area contributed by atoms with E-state index in [9.17, 15) is 9.59 Å². The Labute approximate surface area is 120 Å². The molecule has 0 unspecified atom stereocenters. The number of amides is 2. The maximum absolute atomic E-state index is 12.8. The molecule has 0 radical (unpaired) electrons. The van der Waals surface area contributed by atoms with E-state index in [4.69, 9.17) is 11.6 Å². The fraction of sp³-hybridized carbons (Fsp3) is 0.714. The third-order valence-electron chi connectivity index (χ3n) is 4.04. The van der Waals surface area contributed by atoms with Gasteiger partial charge in [0.15, 0.2) is 0 Å². The molecule has 1 N–H and O–H groups in total. The fourth-order valence-corrected chi connectivity index (χ4v) is 2.41. The molecule has 1 heterocycles. The Balaban J connectivity index is 3.21. The maximum Gasteiger partial charge on any atom is 0.249 e. The second-order valence-electron chi connectivity index (χ2n) is 5.65. The van der Waals surface area contributed by atoms with Gasteiger partial charge in [0, 0.05) is 12.1 Å². The summed E-state index contributed by atoms with van der Waals surface area (Å²) in [5.41, 5.74) is 0.680. The normalized spacial score (nSPS) is 22.4. The molecule has 0 saturated carbocycles. The molecule has 1 aliphatic rings. The topological polar surface area (TPSA) is 49.4 Å². The third-order valence-corrected chi connectivity index (χ3v) is 4.41. The summed E-state index contributed by atoms with van der Waals surface area (Å²) in [6.45, 7) is 9.59. The highest BCUT2D eigenvalue weighted by atomic mass is 35.5. The molecule has 1 fully saturated rings. The Morgan fingerprint density at radius 1 is 1.32 bits per heavy atom. The van der Waals surface area contributed by atoms with Gasteiger partial charge < -0.3 is 10.2 Å². The first-order chi connectivity index (χ1) is 8.75. The molecule has 4 nitrogen and oxygen atoms in total. The van der Waals surface area contributed by atoms with Crippen LogP contribution in [0.1, 0.15) is 47.5 Å². The van der Waals surface area contributed by atoms with Crippen molar-refractivity contribution in [2.45, 2.75) is 58.5 Å². The minimum absolute atomic E-state index is 0.0278. The molecule has 0 atom stereocenters. The van der Waals surface area contributed by atoms with E-state index in [1.165, 1.54) is 5.54 Å². The van der Waals surface area contributed by atoms with Crippen LogP contribution in [0.3, 0.4) is 0 Å². The zero-order valence-electron chi connectivity index (χ0n) is 12.3. The smallest absolute Gasteiger partial charge is 0.249 e. The van der Waals surface area contributed by atoms with Crippen LogP contribution in [0.15, 0.2) is 11.1 Å². The monoisotopic (exact) mass is 286 g/mol. The summed E-state index contributed by atoms with van der Waals surface area (Å²) in [6.07, 6.45) is 1.18. The van der Waals surface area contributed by atoms with Crippen molar-refractivity contribution in [2.24, 2.45) is 0 Å². The Morgan fingerprint density at radius 3 is 2.26 bits per heavy atom. The van der Waals surface area contributed by atoms with Crippen molar-refractivity contribution < 1.29 is 9.59 Å². The van der Waals surface area contributed by atoms with E-state index in [0.717, 1.165) is 5.57 Å². The van der Waals surface area contributed by atoms with Crippen LogP contribution in [-0.2, 0) is 9.59 Å². The van der Waals surface area contributed by atoms with Gasteiger partial charge in [-0.05, 0) is 39.2 Å². The van der Waals surface area contributed by atoms with Gasteiger partial charge in [0.1, 0.15) is 11.1 Å². The van der Waals surface area contributed by atoms with Crippen LogP contribution in [0.25, 0.3) is 0 Å². The summed E-state index contributed by atoms with van der Waals surface area (Å²) in [5.74, 6) is -0.141. The van der Waals surface area contributed by atoms with E-state index < -0.39 is 11.1 Å². The second-order valence-corrected chi connectivity index (χ2v) is 5.87. The van der Waals surface area contributed by atoms with Crippen LogP contribution in [0.5, 0.6) is 0 Å². The number of hydrogen-bond acceptors (Lipinski definition) is 2. The summed E-state index contributed by atoms with van der Waals surface area (Å²) < 4.78 is 0. The predicted octanol–water partition coefficient (Wildman–Crippen LogP) is 2.42. The van der Waals surface area contributed by atoms with E-state index in [1.807, 2.05) is 20.8 Å². The van der Waals surface area contributed by atoms with Gasteiger partial charge in [-0.2, -0.15) is 0 Å². The number of rotatable bonds is 4. The summed E-state index contributed by atoms with van der Waals surface area (Å²) in [6, 6.07) is 0. The second kappa shape index (κ2) is 5.53. The lowest BCUT2D eigenvalue weighted by atomic mass is 9.83. The number of carbonyl (C=O) groups is 2. The van der Waals surface area contributed by atoms with Crippen molar-refractivity contribution in [3.05, 3.63) is 11.1 Å². The molecule has 1 saturated heterocycles. The van der Waals surface area contributed by atoms with Crippen molar-refractivity contribution >= 4 is 23.4 Å². The van der Waals surface area contributed by atoms with Gasteiger partial charge in [-0.25, -0.2) is 0 Å². The van der Waals surface area contributed by atoms with Crippen molar-refractivity contribution in [3.8, 4) is 0 Å². The molecule has 1 aliphatic heterocycles. The lowest BCUT2D eigenvalue weighted by molar-refractivity contribution is -0.160. The van der Waals surface area contributed by atoms with Crippen molar-refractivity contribution in [2.75, 3.05) is 6.54 Å². The first-order valence-electron chi connectivity index (χ1n) is 6.65. The molecular formula is C14H23ClN2O2. The summed E-state index contributed by atoms with van der Waals surface area (Å²) >= 11 is 5.69. The molecule has 1 rings (SSSR count). The molecule has 5 heteroatoms. The summed E-state index contributed by atoms with van der Waals surface area (Å²) in [5, 5.41) is 2.91. The van der Waals surface area contributed by atoms with Crippen molar-refractivity contribution in [3.63, 3.8) is 0 Å². The summed E-state index contributed by atoms with van der Waals surface area (Å²) in [7, 11) is 0. The molecule has 0 aromatic rings. The number of carbonyl (C=O) groups excluding carboxylic acids is 2. The lowest BCUT2D eigenvalue weighted by Gasteiger charge is -2.49. The highest BCUT2D eigenvalue weighted by molar-refractivity contribution is 6.25. The predicted molar refractivity (Wildman–Crippen MR) is 76.9 cm³/mol. The van der Waals surface area contributed by atoms with E-state index in [1.54, 1.807) is 18.7 Å². The number of halogens is 1. The quantitative estimate of drug-likeness (QED) is 0.863. The zero-order chi connectivity index (χ0) is 14.8. The van der Waals surface area contributed by atoms with Crippen LogP contribution < -0.4 is 5.32 Å². The minimum Gasteiger partial charge on any atom is -0.340 e. The molecule has 0 aromatic carbocycles. The molecule has 0 aromatic heterocycles. The van der Waals surface area contributed by atoms with Gasteiger partial charge in [-0.3, -0.25) is 9.59 Å². The largest absolute Gasteiger partial charge is 0.340 e. The highest BCUT2D eigenvalue weighted by Crippen LogP contribution is 2.30. The molecule has 0 bridgehead atoms. The molecule has 0 spiro atoms. The standard InChI is InChI=1S/C14H23ClN2O2/c1-6-14(7-2)12(19)17(9-10(3)8-15)13(4,5)11(18)16-14/h8H,6-7,9H2,1-5H3,(H,16,18). The lowest BCUT2D eigenvalue weighted by Crippen LogP contribution is -2.74. The first-order valence-corrected chi connectivity index (χ1v) is 7.09. The van der Waals surface area contributed by atoms with Crippen molar-refractivity contribution in [1.82, 2.24) is 10.2 Å². The summed E-state index contributed by atoms with van der Waals surface area (Å²) in [4.78, 5) is 26.7. The van der Waals surface area contributed by atoms with E-state index in [0.29, 0.717) is 19.4 Å². The Morgan fingerprint density at radius 2 is 1.84 bits per heavy atom. The third kappa shape index (κ3) is 2.64. The number of hydrogen-bond donors (Lipinski definition) is 1. The van der Waals surface area contributed by atoms with Crippen LogP contribution in [-0.4, -0.2) is 34.3 Å². The van der Waals surface area contributed by atoms with Crippen LogP contribution in [0, 0.1) is 0 Å². The van der Waals surface area contributed by atoms with E-state index in [2.05, 4.69) is 5.32 Å². The van der Waals surface area contributed by atoms with Gasteiger partial charge in [-0.15, -0.1) is 0 Å². The molecule has 2 amide bonds.